The van der Waals surface area contributed by atoms with Crippen LogP contribution in [-0.4, -0.2) is 5.78 Å². The summed E-state index contributed by atoms with van der Waals surface area (Å²) in [6.07, 6.45) is -0.0248. The summed E-state index contributed by atoms with van der Waals surface area (Å²) >= 11 is 3.25. The summed E-state index contributed by atoms with van der Waals surface area (Å²) in [7, 11) is 0. The van der Waals surface area contributed by atoms with E-state index in [1.54, 1.807) is 18.2 Å². The maximum atomic E-state index is 13.0. The van der Waals surface area contributed by atoms with E-state index in [1.807, 2.05) is 0 Å². The second kappa shape index (κ2) is 5.48. The van der Waals surface area contributed by atoms with Gasteiger partial charge in [-0.3, -0.25) is 4.79 Å². The molecule has 2 rings (SSSR count). The third-order valence-electron chi connectivity index (χ3n) is 2.66. The first kappa shape index (κ1) is 13.7. The third kappa shape index (κ3) is 3.17. The van der Waals surface area contributed by atoms with Crippen LogP contribution in [0.15, 0.2) is 40.9 Å². The second-order valence-corrected chi connectivity index (χ2v) is 5.00. The first-order valence-corrected chi connectivity index (χ1v) is 6.29. The molecule has 0 aliphatic rings. The number of halogens is 3. The van der Waals surface area contributed by atoms with Gasteiger partial charge in [0.15, 0.2) is 17.4 Å². The Labute approximate surface area is 117 Å². The van der Waals surface area contributed by atoms with Crippen LogP contribution in [0.25, 0.3) is 0 Å². The largest absolute Gasteiger partial charge is 0.398 e. The van der Waals surface area contributed by atoms with E-state index < -0.39 is 11.6 Å². The Balaban J connectivity index is 2.23. The summed E-state index contributed by atoms with van der Waals surface area (Å²) in [4.78, 5) is 12.0. The Morgan fingerprint density at radius 1 is 1.11 bits per heavy atom. The number of carbonyl (C=O) groups is 1. The van der Waals surface area contributed by atoms with Crippen LogP contribution in [0, 0.1) is 11.6 Å². The lowest BCUT2D eigenvalue weighted by atomic mass is 10.0. The van der Waals surface area contributed by atoms with Gasteiger partial charge in [-0.15, -0.1) is 0 Å². The molecule has 0 radical (unpaired) electrons. The van der Waals surface area contributed by atoms with Crippen LogP contribution in [0.3, 0.4) is 0 Å². The Morgan fingerprint density at radius 2 is 1.84 bits per heavy atom. The molecule has 0 heterocycles. The van der Waals surface area contributed by atoms with Crippen molar-refractivity contribution in [1.29, 1.82) is 0 Å². The van der Waals surface area contributed by atoms with E-state index in [4.69, 9.17) is 5.73 Å². The minimum absolute atomic E-state index is 0.0248. The van der Waals surface area contributed by atoms with Crippen molar-refractivity contribution in [3.8, 4) is 0 Å². The maximum absolute atomic E-state index is 13.0. The highest BCUT2D eigenvalue weighted by atomic mass is 79.9. The van der Waals surface area contributed by atoms with Crippen LogP contribution in [0.2, 0.25) is 0 Å². The van der Waals surface area contributed by atoms with Crippen molar-refractivity contribution in [3.05, 3.63) is 63.6 Å². The average molecular weight is 326 g/mol. The van der Waals surface area contributed by atoms with Crippen LogP contribution < -0.4 is 5.73 Å². The summed E-state index contributed by atoms with van der Waals surface area (Å²) < 4.78 is 26.6. The standard InChI is InChI=1S/C14H10BrF2NO/c15-9-2-3-10(13(18)7-9)14(19)6-8-1-4-11(16)12(17)5-8/h1-5,7H,6,18H2. The normalized spacial score (nSPS) is 10.5. The SMILES string of the molecule is Nc1cc(Br)ccc1C(=O)Cc1ccc(F)c(F)c1. The number of anilines is 1. The van der Waals surface area contributed by atoms with Gasteiger partial charge < -0.3 is 5.73 Å². The van der Waals surface area contributed by atoms with Gasteiger partial charge in [0.05, 0.1) is 0 Å². The zero-order valence-corrected chi connectivity index (χ0v) is 11.4. The molecular weight excluding hydrogens is 316 g/mol. The molecule has 0 aromatic heterocycles. The Bertz CT molecular complexity index is 643. The maximum Gasteiger partial charge on any atom is 0.169 e. The minimum Gasteiger partial charge on any atom is -0.398 e. The van der Waals surface area contributed by atoms with Gasteiger partial charge in [-0.05, 0) is 35.9 Å². The first-order valence-electron chi connectivity index (χ1n) is 5.49. The predicted octanol–water partition coefficient (Wildman–Crippen LogP) is 3.73. The highest BCUT2D eigenvalue weighted by Gasteiger charge is 2.12. The molecule has 0 spiro atoms. The number of benzene rings is 2. The van der Waals surface area contributed by atoms with Gasteiger partial charge in [0, 0.05) is 22.1 Å². The molecular formula is C14H10BrF2NO. The highest BCUT2D eigenvalue weighted by molar-refractivity contribution is 9.10. The summed E-state index contributed by atoms with van der Waals surface area (Å²) in [6, 6.07) is 8.32. The van der Waals surface area contributed by atoms with Gasteiger partial charge in [-0.2, -0.15) is 0 Å². The third-order valence-corrected chi connectivity index (χ3v) is 3.16. The zero-order chi connectivity index (χ0) is 14.0. The Kier molecular flexibility index (Phi) is 3.95. The summed E-state index contributed by atoms with van der Waals surface area (Å²) in [6.45, 7) is 0. The number of Topliss-reactive ketones (excluding diaryl/α,β-unsaturated/α-hetero) is 1. The van der Waals surface area contributed by atoms with Crippen molar-refractivity contribution < 1.29 is 13.6 Å². The molecule has 2 nitrogen and oxygen atoms in total. The van der Waals surface area contributed by atoms with E-state index in [0.717, 1.165) is 16.6 Å². The molecule has 0 fully saturated rings. The monoisotopic (exact) mass is 325 g/mol. The van der Waals surface area contributed by atoms with Crippen molar-refractivity contribution >= 4 is 27.4 Å². The number of nitrogens with two attached hydrogens (primary N) is 1. The first-order chi connectivity index (χ1) is 8.97. The van der Waals surface area contributed by atoms with E-state index in [0.29, 0.717) is 16.8 Å². The zero-order valence-electron chi connectivity index (χ0n) is 9.79. The number of carbonyl (C=O) groups excluding carboxylic acids is 1. The van der Waals surface area contributed by atoms with Gasteiger partial charge in [0.1, 0.15) is 0 Å². The quantitative estimate of drug-likeness (QED) is 0.690. The molecule has 0 amide bonds. The molecule has 19 heavy (non-hydrogen) atoms. The lowest BCUT2D eigenvalue weighted by molar-refractivity contribution is 0.0993. The van der Waals surface area contributed by atoms with Crippen LogP contribution in [0.5, 0.6) is 0 Å². The molecule has 0 bridgehead atoms. The molecule has 0 atom stereocenters. The predicted molar refractivity (Wildman–Crippen MR) is 72.9 cm³/mol. The van der Waals surface area contributed by atoms with Crippen LogP contribution in [-0.2, 0) is 6.42 Å². The van der Waals surface area contributed by atoms with Gasteiger partial charge in [0.2, 0.25) is 0 Å². The molecule has 0 aliphatic carbocycles. The molecule has 2 N–H and O–H groups in total. The van der Waals surface area contributed by atoms with E-state index in [2.05, 4.69) is 15.9 Å². The Hall–Kier alpha value is -1.75. The van der Waals surface area contributed by atoms with E-state index in [1.165, 1.54) is 6.07 Å². The number of rotatable bonds is 3. The van der Waals surface area contributed by atoms with Gasteiger partial charge >= 0.3 is 0 Å². The summed E-state index contributed by atoms with van der Waals surface area (Å²) in [5.41, 5.74) is 6.87. The molecule has 0 aliphatic heterocycles. The lowest BCUT2D eigenvalue weighted by Gasteiger charge is -2.06. The summed E-state index contributed by atoms with van der Waals surface area (Å²) in [5, 5.41) is 0. The number of ketones is 1. The highest BCUT2D eigenvalue weighted by Crippen LogP contribution is 2.20. The van der Waals surface area contributed by atoms with Crippen molar-refractivity contribution in [2.75, 3.05) is 5.73 Å². The van der Waals surface area contributed by atoms with Crippen molar-refractivity contribution in [2.45, 2.75) is 6.42 Å². The fraction of sp³-hybridized carbons (Fsp3) is 0.0714. The molecule has 0 saturated carbocycles. The van der Waals surface area contributed by atoms with Crippen LogP contribution >= 0.6 is 15.9 Å². The van der Waals surface area contributed by atoms with Gasteiger partial charge in [0.25, 0.3) is 0 Å². The topological polar surface area (TPSA) is 43.1 Å². The average Bonchev–Trinajstić information content (AvgIpc) is 2.33. The fourth-order valence-corrected chi connectivity index (χ4v) is 2.10. The molecule has 0 unspecified atom stereocenters. The molecule has 0 saturated heterocycles. The van der Waals surface area contributed by atoms with Crippen molar-refractivity contribution in [3.63, 3.8) is 0 Å². The van der Waals surface area contributed by atoms with Crippen molar-refractivity contribution in [1.82, 2.24) is 0 Å². The molecule has 2 aromatic rings. The smallest absolute Gasteiger partial charge is 0.169 e. The molecule has 5 heteroatoms. The van der Waals surface area contributed by atoms with E-state index in [9.17, 15) is 13.6 Å². The van der Waals surface area contributed by atoms with Crippen LogP contribution in [0.1, 0.15) is 15.9 Å². The van der Waals surface area contributed by atoms with Gasteiger partial charge in [-0.1, -0.05) is 22.0 Å². The molecule has 98 valence electrons. The fourth-order valence-electron chi connectivity index (χ4n) is 1.72. The molecule has 2 aromatic carbocycles. The van der Waals surface area contributed by atoms with E-state index in [-0.39, 0.29) is 12.2 Å². The second-order valence-electron chi connectivity index (χ2n) is 4.08. The van der Waals surface area contributed by atoms with E-state index >= 15 is 0 Å². The van der Waals surface area contributed by atoms with Crippen molar-refractivity contribution in [2.24, 2.45) is 0 Å². The summed E-state index contributed by atoms with van der Waals surface area (Å²) in [5.74, 6) is -2.13. The lowest BCUT2D eigenvalue weighted by Crippen LogP contribution is -2.07. The Morgan fingerprint density at radius 3 is 2.47 bits per heavy atom. The van der Waals surface area contributed by atoms with Crippen LogP contribution in [0.4, 0.5) is 14.5 Å². The number of hydrogen-bond donors (Lipinski definition) is 1. The number of hydrogen-bond acceptors (Lipinski definition) is 2. The minimum atomic E-state index is -0.964. The van der Waals surface area contributed by atoms with Gasteiger partial charge in [-0.25, -0.2) is 8.78 Å². The number of nitrogen functional groups attached to an aromatic ring is 1.